The molecule has 2 unspecified atom stereocenters. The van der Waals surface area contributed by atoms with Gasteiger partial charge in [0.05, 0.1) is 0 Å². The second-order valence-corrected chi connectivity index (χ2v) is 5.39. The molecule has 0 spiro atoms. The summed E-state index contributed by atoms with van der Waals surface area (Å²) in [4.78, 5) is 25.7. The monoisotopic (exact) mass is 295 g/mol. The van der Waals surface area contributed by atoms with Crippen molar-refractivity contribution in [1.82, 2.24) is 5.32 Å². The molecule has 108 valence electrons. The Morgan fingerprint density at radius 2 is 2.15 bits per heavy atom. The van der Waals surface area contributed by atoms with Gasteiger partial charge in [-0.3, -0.25) is 9.59 Å². The van der Waals surface area contributed by atoms with Crippen molar-refractivity contribution in [2.24, 2.45) is 11.7 Å². The van der Waals surface area contributed by atoms with E-state index in [0.717, 1.165) is 5.69 Å². The van der Waals surface area contributed by atoms with Crippen LogP contribution in [-0.4, -0.2) is 30.9 Å². The highest BCUT2D eigenvalue weighted by atomic mass is 35.5. The fourth-order valence-electron chi connectivity index (χ4n) is 2.11. The topological polar surface area (TPSA) is 75.4 Å². The molecule has 1 heterocycles. The maximum atomic E-state index is 12.3. The van der Waals surface area contributed by atoms with E-state index in [2.05, 4.69) is 5.32 Å². The van der Waals surface area contributed by atoms with Gasteiger partial charge in [0.2, 0.25) is 11.8 Å². The maximum Gasteiger partial charge on any atom is 0.249 e. The zero-order chi connectivity index (χ0) is 14.7. The summed E-state index contributed by atoms with van der Waals surface area (Å²) in [6.07, 6.45) is 0.602. The highest BCUT2D eigenvalue weighted by molar-refractivity contribution is 6.30. The molecule has 1 aromatic rings. The van der Waals surface area contributed by atoms with Gasteiger partial charge in [-0.25, -0.2) is 0 Å². The van der Waals surface area contributed by atoms with E-state index in [1.54, 1.807) is 36.1 Å². The van der Waals surface area contributed by atoms with Gasteiger partial charge in [0.1, 0.15) is 6.04 Å². The lowest BCUT2D eigenvalue weighted by Gasteiger charge is -2.18. The number of hydrogen-bond acceptors (Lipinski definition) is 3. The minimum atomic E-state index is -0.466. The molecule has 6 heteroatoms. The van der Waals surface area contributed by atoms with Crippen molar-refractivity contribution >= 4 is 29.1 Å². The van der Waals surface area contributed by atoms with Crippen molar-refractivity contribution < 1.29 is 9.59 Å². The number of benzene rings is 1. The summed E-state index contributed by atoms with van der Waals surface area (Å²) in [6.45, 7) is 2.60. The van der Waals surface area contributed by atoms with Crippen molar-refractivity contribution in [3.63, 3.8) is 0 Å². The quantitative estimate of drug-likeness (QED) is 0.875. The molecule has 0 bridgehead atoms. The first kappa shape index (κ1) is 14.8. The van der Waals surface area contributed by atoms with E-state index < -0.39 is 6.04 Å². The smallest absolute Gasteiger partial charge is 0.249 e. The molecule has 1 aliphatic heterocycles. The van der Waals surface area contributed by atoms with Gasteiger partial charge in [0.25, 0.3) is 0 Å². The number of nitrogens with one attached hydrogen (secondary N) is 1. The highest BCUT2D eigenvalue weighted by Crippen LogP contribution is 2.23. The first-order valence-electron chi connectivity index (χ1n) is 6.60. The Morgan fingerprint density at radius 3 is 2.75 bits per heavy atom. The average Bonchev–Trinajstić information content (AvgIpc) is 2.80. The van der Waals surface area contributed by atoms with Crippen LogP contribution in [0, 0.1) is 5.92 Å². The van der Waals surface area contributed by atoms with Gasteiger partial charge in [0.15, 0.2) is 0 Å². The van der Waals surface area contributed by atoms with Crippen LogP contribution in [0.15, 0.2) is 24.3 Å². The molecule has 1 aromatic carbocycles. The molecule has 2 atom stereocenters. The molecule has 1 fully saturated rings. The number of halogens is 1. The average molecular weight is 296 g/mol. The Labute approximate surface area is 123 Å². The molecule has 2 rings (SSSR count). The van der Waals surface area contributed by atoms with E-state index in [4.69, 9.17) is 17.3 Å². The summed E-state index contributed by atoms with van der Waals surface area (Å²) in [6, 6.07) is 6.62. The number of rotatable bonds is 4. The van der Waals surface area contributed by atoms with Gasteiger partial charge < -0.3 is 16.0 Å². The second-order valence-electron chi connectivity index (χ2n) is 4.95. The molecular formula is C14H18ClN3O2. The first-order chi connectivity index (χ1) is 9.52. The van der Waals surface area contributed by atoms with Crippen LogP contribution in [0.2, 0.25) is 5.02 Å². The highest BCUT2D eigenvalue weighted by Gasteiger charge is 2.34. The number of hydrogen-bond donors (Lipinski definition) is 2. The minimum Gasteiger partial charge on any atom is -0.344 e. The van der Waals surface area contributed by atoms with Crippen LogP contribution in [0.3, 0.4) is 0 Å². The van der Waals surface area contributed by atoms with Gasteiger partial charge in [-0.1, -0.05) is 18.5 Å². The number of carbonyl (C=O) groups excluding carboxylic acids is 2. The molecule has 0 aliphatic carbocycles. The summed E-state index contributed by atoms with van der Waals surface area (Å²) < 4.78 is 0. The molecule has 0 saturated carbocycles. The molecule has 0 radical (unpaired) electrons. The lowest BCUT2D eigenvalue weighted by Crippen LogP contribution is -2.44. The Kier molecular flexibility index (Phi) is 4.62. The molecule has 0 aromatic heterocycles. The fourth-order valence-corrected chi connectivity index (χ4v) is 2.24. The van der Waals surface area contributed by atoms with E-state index in [1.165, 1.54) is 0 Å². The van der Waals surface area contributed by atoms with Crippen molar-refractivity contribution in [3.05, 3.63) is 29.3 Å². The standard InChI is InChI=1S/C14H18ClN3O2/c1-9(8-16)13(19)17-12-6-7-18(14(12)20)11-4-2-10(15)3-5-11/h2-5,9,12H,6-8,16H2,1H3,(H,17,19). The molecule has 1 saturated heterocycles. The van der Waals surface area contributed by atoms with E-state index in [1.807, 2.05) is 0 Å². The minimum absolute atomic E-state index is 0.0927. The number of amides is 2. The summed E-state index contributed by atoms with van der Waals surface area (Å²) in [5.41, 5.74) is 6.24. The fraction of sp³-hybridized carbons (Fsp3) is 0.429. The van der Waals surface area contributed by atoms with E-state index in [9.17, 15) is 9.59 Å². The van der Waals surface area contributed by atoms with E-state index in [0.29, 0.717) is 18.0 Å². The zero-order valence-electron chi connectivity index (χ0n) is 11.3. The van der Waals surface area contributed by atoms with Gasteiger partial charge in [-0.05, 0) is 30.7 Å². The van der Waals surface area contributed by atoms with Crippen LogP contribution in [0.4, 0.5) is 5.69 Å². The van der Waals surface area contributed by atoms with Gasteiger partial charge in [0, 0.05) is 29.7 Å². The van der Waals surface area contributed by atoms with Crippen LogP contribution in [0.1, 0.15) is 13.3 Å². The maximum absolute atomic E-state index is 12.3. The normalized spacial score (nSPS) is 20.1. The predicted octanol–water partition coefficient (Wildman–Crippen LogP) is 1.16. The molecule has 2 amide bonds. The molecule has 1 aliphatic rings. The summed E-state index contributed by atoms with van der Waals surface area (Å²) in [5.74, 6) is -0.555. The predicted molar refractivity (Wildman–Crippen MR) is 78.6 cm³/mol. The zero-order valence-corrected chi connectivity index (χ0v) is 12.1. The lowest BCUT2D eigenvalue weighted by molar-refractivity contribution is -0.128. The number of anilines is 1. The molecule has 5 nitrogen and oxygen atoms in total. The van der Waals surface area contributed by atoms with Crippen molar-refractivity contribution in [3.8, 4) is 0 Å². The Balaban J connectivity index is 2.02. The summed E-state index contributed by atoms with van der Waals surface area (Å²) in [5, 5.41) is 3.38. The Hall–Kier alpha value is -1.59. The number of nitrogens with two attached hydrogens (primary N) is 1. The van der Waals surface area contributed by atoms with E-state index in [-0.39, 0.29) is 24.3 Å². The molecular weight excluding hydrogens is 278 g/mol. The van der Waals surface area contributed by atoms with Crippen LogP contribution in [0.5, 0.6) is 0 Å². The van der Waals surface area contributed by atoms with Crippen molar-refractivity contribution in [2.75, 3.05) is 18.0 Å². The third-order valence-electron chi connectivity index (χ3n) is 3.46. The number of nitrogens with zero attached hydrogens (tertiary/aromatic N) is 1. The summed E-state index contributed by atoms with van der Waals surface area (Å²) in [7, 11) is 0. The van der Waals surface area contributed by atoms with E-state index >= 15 is 0 Å². The van der Waals surface area contributed by atoms with Crippen LogP contribution < -0.4 is 16.0 Å². The Morgan fingerprint density at radius 1 is 1.50 bits per heavy atom. The molecule has 20 heavy (non-hydrogen) atoms. The summed E-state index contributed by atoms with van der Waals surface area (Å²) >= 11 is 5.83. The SMILES string of the molecule is CC(CN)C(=O)NC1CCN(c2ccc(Cl)cc2)C1=O. The Bertz CT molecular complexity index is 504. The van der Waals surface area contributed by atoms with Crippen molar-refractivity contribution in [2.45, 2.75) is 19.4 Å². The van der Waals surface area contributed by atoms with Gasteiger partial charge in [-0.2, -0.15) is 0 Å². The van der Waals surface area contributed by atoms with Crippen molar-refractivity contribution in [1.29, 1.82) is 0 Å². The van der Waals surface area contributed by atoms with Gasteiger partial charge in [-0.15, -0.1) is 0 Å². The number of carbonyl (C=O) groups is 2. The third kappa shape index (κ3) is 3.11. The van der Waals surface area contributed by atoms with Crippen LogP contribution in [0.25, 0.3) is 0 Å². The van der Waals surface area contributed by atoms with Crippen LogP contribution >= 0.6 is 11.6 Å². The van der Waals surface area contributed by atoms with Gasteiger partial charge >= 0.3 is 0 Å². The van der Waals surface area contributed by atoms with Crippen LogP contribution in [-0.2, 0) is 9.59 Å². The third-order valence-corrected chi connectivity index (χ3v) is 3.71. The second kappa shape index (κ2) is 6.24. The largest absolute Gasteiger partial charge is 0.344 e. The lowest BCUT2D eigenvalue weighted by atomic mass is 10.1. The molecule has 3 N–H and O–H groups in total. The first-order valence-corrected chi connectivity index (χ1v) is 6.98.